The lowest BCUT2D eigenvalue weighted by atomic mass is 10.1. The summed E-state index contributed by atoms with van der Waals surface area (Å²) in [5.41, 5.74) is -0.798. The van der Waals surface area contributed by atoms with Gasteiger partial charge in [-0.05, 0) is 24.6 Å². The Labute approximate surface area is 141 Å². The smallest absolute Gasteiger partial charge is 0.337 e. The topological polar surface area (TPSA) is 107 Å². The second-order valence-corrected chi connectivity index (χ2v) is 6.31. The van der Waals surface area contributed by atoms with Crippen molar-refractivity contribution in [3.05, 3.63) is 35.4 Å². The SMILES string of the molecule is CC(C)C(=O)N(C)Cc1ccc(C(=O)NCC(C)(O)C(=O)O)cc1. The number of carboxylic acids is 1. The number of amides is 2. The molecule has 1 atom stereocenters. The molecular formula is C17H24N2O5. The molecule has 0 bridgehead atoms. The quantitative estimate of drug-likeness (QED) is 0.685. The third kappa shape index (κ3) is 5.34. The lowest BCUT2D eigenvalue weighted by Crippen LogP contribution is -2.46. The first-order chi connectivity index (χ1) is 11.0. The third-order valence-corrected chi connectivity index (χ3v) is 3.56. The van der Waals surface area contributed by atoms with Crippen LogP contribution in [0, 0.1) is 5.92 Å². The van der Waals surface area contributed by atoms with Crippen molar-refractivity contribution < 1.29 is 24.6 Å². The van der Waals surface area contributed by atoms with Crippen molar-refractivity contribution in [2.75, 3.05) is 13.6 Å². The summed E-state index contributed by atoms with van der Waals surface area (Å²) < 4.78 is 0. The molecule has 1 unspecified atom stereocenters. The van der Waals surface area contributed by atoms with E-state index in [4.69, 9.17) is 5.11 Å². The Bertz CT molecular complexity index is 608. The van der Waals surface area contributed by atoms with Gasteiger partial charge < -0.3 is 20.4 Å². The van der Waals surface area contributed by atoms with E-state index in [9.17, 15) is 19.5 Å². The maximum absolute atomic E-state index is 12.0. The molecule has 2 amide bonds. The van der Waals surface area contributed by atoms with E-state index in [2.05, 4.69) is 5.32 Å². The van der Waals surface area contributed by atoms with Gasteiger partial charge in [0.2, 0.25) is 5.91 Å². The summed E-state index contributed by atoms with van der Waals surface area (Å²) in [6.45, 7) is 4.82. The molecule has 0 saturated carbocycles. The summed E-state index contributed by atoms with van der Waals surface area (Å²) in [4.78, 5) is 36.2. The molecule has 0 fully saturated rings. The fourth-order valence-corrected chi connectivity index (χ4v) is 1.98. The molecule has 0 heterocycles. The molecule has 0 aliphatic carbocycles. The molecular weight excluding hydrogens is 312 g/mol. The predicted octanol–water partition coefficient (Wildman–Crippen LogP) is 0.866. The number of carboxylic acid groups (broad SMARTS) is 1. The van der Waals surface area contributed by atoms with Gasteiger partial charge in [-0.25, -0.2) is 4.79 Å². The van der Waals surface area contributed by atoms with Crippen LogP contribution in [-0.4, -0.2) is 52.1 Å². The molecule has 0 aliphatic heterocycles. The molecule has 132 valence electrons. The van der Waals surface area contributed by atoms with Crippen LogP contribution in [-0.2, 0) is 16.1 Å². The van der Waals surface area contributed by atoms with E-state index < -0.39 is 24.0 Å². The van der Waals surface area contributed by atoms with Gasteiger partial charge in [-0.1, -0.05) is 26.0 Å². The van der Waals surface area contributed by atoms with E-state index in [1.807, 2.05) is 13.8 Å². The van der Waals surface area contributed by atoms with Crippen LogP contribution in [0.5, 0.6) is 0 Å². The fraction of sp³-hybridized carbons (Fsp3) is 0.471. The first-order valence-corrected chi connectivity index (χ1v) is 7.62. The van der Waals surface area contributed by atoms with Gasteiger partial charge in [0.1, 0.15) is 0 Å². The number of hydrogen-bond acceptors (Lipinski definition) is 4. The molecule has 7 nitrogen and oxygen atoms in total. The van der Waals surface area contributed by atoms with Crippen molar-refractivity contribution >= 4 is 17.8 Å². The normalized spacial score (nSPS) is 13.2. The Morgan fingerprint density at radius 1 is 1.21 bits per heavy atom. The van der Waals surface area contributed by atoms with E-state index in [1.54, 1.807) is 36.2 Å². The van der Waals surface area contributed by atoms with E-state index >= 15 is 0 Å². The molecule has 7 heteroatoms. The van der Waals surface area contributed by atoms with Gasteiger partial charge in [0.15, 0.2) is 5.60 Å². The lowest BCUT2D eigenvalue weighted by Gasteiger charge is -2.20. The summed E-state index contributed by atoms with van der Waals surface area (Å²) in [6, 6.07) is 6.64. The fourth-order valence-electron chi connectivity index (χ4n) is 1.98. The average Bonchev–Trinajstić information content (AvgIpc) is 2.52. The van der Waals surface area contributed by atoms with Crippen molar-refractivity contribution in [2.45, 2.75) is 32.9 Å². The number of aliphatic hydroxyl groups is 1. The zero-order chi connectivity index (χ0) is 18.5. The van der Waals surface area contributed by atoms with Crippen LogP contribution in [0.15, 0.2) is 24.3 Å². The minimum absolute atomic E-state index is 0.0349. The molecule has 24 heavy (non-hydrogen) atoms. The highest BCUT2D eigenvalue weighted by Crippen LogP contribution is 2.10. The number of carbonyl (C=O) groups is 3. The highest BCUT2D eigenvalue weighted by molar-refractivity contribution is 5.94. The van der Waals surface area contributed by atoms with Crippen LogP contribution in [0.25, 0.3) is 0 Å². The second kappa shape index (κ2) is 7.92. The highest BCUT2D eigenvalue weighted by Gasteiger charge is 2.30. The van der Waals surface area contributed by atoms with Gasteiger partial charge in [-0.2, -0.15) is 0 Å². The third-order valence-electron chi connectivity index (χ3n) is 3.56. The zero-order valence-corrected chi connectivity index (χ0v) is 14.4. The summed E-state index contributed by atoms with van der Waals surface area (Å²) in [5.74, 6) is -1.93. The van der Waals surface area contributed by atoms with Crippen LogP contribution >= 0.6 is 0 Å². The van der Waals surface area contributed by atoms with Gasteiger partial charge in [0, 0.05) is 25.1 Å². The maximum Gasteiger partial charge on any atom is 0.337 e. The number of benzene rings is 1. The van der Waals surface area contributed by atoms with Crippen molar-refractivity contribution in [1.29, 1.82) is 0 Å². The van der Waals surface area contributed by atoms with Gasteiger partial charge >= 0.3 is 5.97 Å². The Hall–Kier alpha value is -2.41. The number of rotatable bonds is 7. The Balaban J connectivity index is 2.65. The molecule has 1 rings (SSSR count). The highest BCUT2D eigenvalue weighted by atomic mass is 16.4. The first kappa shape index (κ1) is 19.6. The molecule has 1 aromatic carbocycles. The molecule has 0 saturated heterocycles. The van der Waals surface area contributed by atoms with Gasteiger partial charge in [-0.15, -0.1) is 0 Å². The average molecular weight is 336 g/mol. The van der Waals surface area contributed by atoms with Crippen molar-refractivity contribution in [2.24, 2.45) is 5.92 Å². The Morgan fingerprint density at radius 3 is 2.21 bits per heavy atom. The standard InChI is InChI=1S/C17H24N2O5/c1-11(2)15(21)19(4)9-12-5-7-13(8-6-12)14(20)18-10-17(3,24)16(22)23/h5-8,11,24H,9-10H2,1-4H3,(H,18,20)(H,22,23). The minimum atomic E-state index is -2.02. The first-order valence-electron chi connectivity index (χ1n) is 7.62. The molecule has 0 aromatic heterocycles. The molecule has 0 spiro atoms. The largest absolute Gasteiger partial charge is 0.479 e. The maximum atomic E-state index is 12.0. The summed E-state index contributed by atoms with van der Waals surface area (Å²) >= 11 is 0. The molecule has 3 N–H and O–H groups in total. The molecule has 0 radical (unpaired) electrons. The van der Waals surface area contributed by atoms with Crippen LogP contribution in [0.3, 0.4) is 0 Å². The number of aliphatic carboxylic acids is 1. The van der Waals surface area contributed by atoms with Crippen molar-refractivity contribution in [3.63, 3.8) is 0 Å². The summed E-state index contributed by atoms with van der Waals surface area (Å²) in [7, 11) is 1.72. The van der Waals surface area contributed by atoms with Crippen LogP contribution in [0.1, 0.15) is 36.7 Å². The van der Waals surface area contributed by atoms with Gasteiger partial charge in [0.05, 0.1) is 6.54 Å². The summed E-state index contributed by atoms with van der Waals surface area (Å²) in [6.07, 6.45) is 0. The van der Waals surface area contributed by atoms with E-state index in [-0.39, 0.29) is 11.8 Å². The lowest BCUT2D eigenvalue weighted by molar-refractivity contribution is -0.155. The Morgan fingerprint density at radius 2 is 1.75 bits per heavy atom. The second-order valence-electron chi connectivity index (χ2n) is 6.31. The van der Waals surface area contributed by atoms with Gasteiger partial charge in [-0.3, -0.25) is 9.59 Å². The monoisotopic (exact) mass is 336 g/mol. The van der Waals surface area contributed by atoms with Gasteiger partial charge in [0.25, 0.3) is 5.91 Å². The summed E-state index contributed by atoms with van der Waals surface area (Å²) in [5, 5.41) is 20.8. The number of hydrogen-bond donors (Lipinski definition) is 3. The van der Waals surface area contributed by atoms with Crippen LogP contribution in [0.2, 0.25) is 0 Å². The van der Waals surface area contributed by atoms with Crippen LogP contribution < -0.4 is 5.32 Å². The Kier molecular flexibility index (Phi) is 6.48. The van der Waals surface area contributed by atoms with Crippen LogP contribution in [0.4, 0.5) is 0 Å². The minimum Gasteiger partial charge on any atom is -0.479 e. The van der Waals surface area contributed by atoms with Crippen molar-refractivity contribution in [1.82, 2.24) is 10.2 Å². The zero-order valence-electron chi connectivity index (χ0n) is 14.4. The predicted molar refractivity (Wildman–Crippen MR) is 88.3 cm³/mol. The van der Waals surface area contributed by atoms with E-state index in [0.717, 1.165) is 12.5 Å². The molecule has 0 aliphatic rings. The molecule has 1 aromatic rings. The van der Waals surface area contributed by atoms with Crippen molar-refractivity contribution in [3.8, 4) is 0 Å². The number of nitrogens with one attached hydrogen (secondary N) is 1. The van der Waals surface area contributed by atoms with E-state index in [0.29, 0.717) is 12.1 Å². The number of carbonyl (C=O) groups excluding carboxylic acids is 2. The number of nitrogens with zero attached hydrogens (tertiary/aromatic N) is 1. The van der Waals surface area contributed by atoms with E-state index in [1.165, 1.54) is 0 Å².